The highest BCUT2D eigenvalue weighted by atomic mass is 32.2. The van der Waals surface area contributed by atoms with E-state index in [1.165, 1.54) is 4.31 Å². The summed E-state index contributed by atoms with van der Waals surface area (Å²) in [6.45, 7) is 3.58. The molecule has 0 aliphatic carbocycles. The standard InChI is InChI=1S/C19H19NO3S/c1-4-17(21)19(3)18(15-8-6-5-7-9-15)20(19)24(22,23)16-12-10-14(2)11-13-16/h1,5-13,17-18,21H,2-3H3/t17-,18+,19+,20?/m0/s1. The number of hydrogen-bond acceptors (Lipinski definition) is 3. The van der Waals surface area contributed by atoms with Gasteiger partial charge in [-0.25, -0.2) is 8.42 Å². The van der Waals surface area contributed by atoms with E-state index in [1.54, 1.807) is 31.2 Å². The van der Waals surface area contributed by atoms with Crippen molar-refractivity contribution in [2.75, 3.05) is 0 Å². The number of nitrogens with zero attached hydrogens (tertiary/aromatic N) is 1. The van der Waals surface area contributed by atoms with Crippen LogP contribution in [0.2, 0.25) is 0 Å². The summed E-state index contributed by atoms with van der Waals surface area (Å²) in [5, 5.41) is 10.3. The first-order valence-electron chi connectivity index (χ1n) is 7.64. The summed E-state index contributed by atoms with van der Waals surface area (Å²) in [5.74, 6) is 2.28. The van der Waals surface area contributed by atoms with Crippen LogP contribution in [0.4, 0.5) is 0 Å². The van der Waals surface area contributed by atoms with E-state index in [2.05, 4.69) is 5.92 Å². The minimum absolute atomic E-state index is 0.196. The van der Waals surface area contributed by atoms with Gasteiger partial charge in [0.25, 0.3) is 0 Å². The average molecular weight is 341 g/mol. The maximum absolute atomic E-state index is 13.1. The summed E-state index contributed by atoms with van der Waals surface area (Å²) < 4.78 is 27.5. The summed E-state index contributed by atoms with van der Waals surface area (Å²) in [6.07, 6.45) is 4.19. The maximum Gasteiger partial charge on any atom is 0.244 e. The van der Waals surface area contributed by atoms with E-state index in [4.69, 9.17) is 6.42 Å². The molecule has 2 aromatic carbocycles. The molecule has 1 saturated heterocycles. The molecule has 1 aliphatic rings. The Balaban J connectivity index is 2.08. The van der Waals surface area contributed by atoms with E-state index in [0.717, 1.165) is 11.1 Å². The molecule has 0 bridgehead atoms. The molecule has 0 saturated carbocycles. The SMILES string of the molecule is C#C[C@H](O)[C@]1(C)[C@@H](c2ccccc2)N1S(=O)(=O)c1ccc(C)cc1. The van der Waals surface area contributed by atoms with Gasteiger partial charge in [-0.3, -0.25) is 0 Å². The van der Waals surface area contributed by atoms with Crippen LogP contribution in [0.25, 0.3) is 0 Å². The summed E-state index contributed by atoms with van der Waals surface area (Å²) in [7, 11) is -3.76. The zero-order chi connectivity index (χ0) is 17.5. The van der Waals surface area contributed by atoms with Gasteiger partial charge in [0.2, 0.25) is 10.0 Å². The molecule has 0 radical (unpaired) electrons. The van der Waals surface area contributed by atoms with Crippen LogP contribution in [0.15, 0.2) is 59.5 Å². The molecule has 1 unspecified atom stereocenters. The molecule has 1 fully saturated rings. The van der Waals surface area contributed by atoms with Crippen LogP contribution in [0.5, 0.6) is 0 Å². The Morgan fingerprint density at radius 2 is 1.75 bits per heavy atom. The molecule has 1 aliphatic heterocycles. The van der Waals surface area contributed by atoms with Crippen molar-refractivity contribution >= 4 is 10.0 Å². The van der Waals surface area contributed by atoms with Crippen molar-refractivity contribution in [3.05, 3.63) is 65.7 Å². The number of rotatable bonds is 4. The predicted molar refractivity (Wildman–Crippen MR) is 92.6 cm³/mol. The molecule has 1 heterocycles. The van der Waals surface area contributed by atoms with E-state index >= 15 is 0 Å². The lowest BCUT2D eigenvalue weighted by Gasteiger charge is -2.14. The fraction of sp³-hybridized carbons (Fsp3) is 0.263. The minimum Gasteiger partial charge on any atom is -0.378 e. The minimum atomic E-state index is -3.76. The van der Waals surface area contributed by atoms with Crippen molar-refractivity contribution in [2.45, 2.75) is 36.4 Å². The predicted octanol–water partition coefficient (Wildman–Crippen LogP) is 2.49. The molecule has 2 aromatic rings. The highest BCUT2D eigenvalue weighted by molar-refractivity contribution is 7.89. The van der Waals surface area contributed by atoms with E-state index in [0.29, 0.717) is 0 Å². The quantitative estimate of drug-likeness (QED) is 0.687. The van der Waals surface area contributed by atoms with Crippen LogP contribution in [0.1, 0.15) is 24.1 Å². The van der Waals surface area contributed by atoms with Gasteiger partial charge >= 0.3 is 0 Å². The Hall–Kier alpha value is -2.13. The molecule has 4 atom stereocenters. The largest absolute Gasteiger partial charge is 0.378 e. The van der Waals surface area contributed by atoms with Crippen LogP contribution in [-0.2, 0) is 10.0 Å². The van der Waals surface area contributed by atoms with Gasteiger partial charge in [-0.05, 0) is 31.5 Å². The number of aliphatic hydroxyl groups excluding tert-OH is 1. The van der Waals surface area contributed by atoms with Gasteiger partial charge in [0.05, 0.1) is 16.5 Å². The molecule has 124 valence electrons. The fourth-order valence-corrected chi connectivity index (χ4v) is 5.13. The lowest BCUT2D eigenvalue weighted by molar-refractivity contribution is 0.178. The van der Waals surface area contributed by atoms with Crippen LogP contribution in [-0.4, -0.2) is 29.5 Å². The van der Waals surface area contributed by atoms with Crippen LogP contribution in [0, 0.1) is 19.3 Å². The number of aliphatic hydroxyl groups is 1. The molecule has 0 amide bonds. The monoisotopic (exact) mass is 341 g/mol. The first-order valence-corrected chi connectivity index (χ1v) is 9.08. The van der Waals surface area contributed by atoms with E-state index in [-0.39, 0.29) is 4.90 Å². The third-order valence-electron chi connectivity index (χ3n) is 4.60. The second kappa shape index (κ2) is 5.75. The van der Waals surface area contributed by atoms with Crippen molar-refractivity contribution < 1.29 is 13.5 Å². The lowest BCUT2D eigenvalue weighted by atomic mass is 9.96. The Morgan fingerprint density at radius 1 is 1.17 bits per heavy atom. The Labute approximate surface area is 142 Å². The second-order valence-corrected chi connectivity index (χ2v) is 8.04. The van der Waals surface area contributed by atoms with Gasteiger partial charge in [-0.15, -0.1) is 6.42 Å². The molecule has 0 aromatic heterocycles. The molecule has 0 spiro atoms. The van der Waals surface area contributed by atoms with Gasteiger partial charge in [0, 0.05) is 0 Å². The molecule has 3 rings (SSSR count). The normalized spacial score (nSPS) is 27.2. The first-order chi connectivity index (χ1) is 11.3. The lowest BCUT2D eigenvalue weighted by Crippen LogP contribution is -2.32. The molecule has 4 nitrogen and oxygen atoms in total. The second-order valence-electron chi connectivity index (χ2n) is 6.22. The first kappa shape index (κ1) is 16.7. The molecular formula is C19H19NO3S. The van der Waals surface area contributed by atoms with Crippen molar-refractivity contribution in [1.82, 2.24) is 4.31 Å². The van der Waals surface area contributed by atoms with Gasteiger partial charge in [-0.1, -0.05) is 53.9 Å². The third-order valence-corrected chi connectivity index (χ3v) is 6.59. The molecule has 5 heteroatoms. The molecule has 1 N–H and O–H groups in total. The average Bonchev–Trinajstić information content (AvgIpc) is 3.23. The van der Waals surface area contributed by atoms with Gasteiger partial charge in [0.15, 0.2) is 0 Å². The van der Waals surface area contributed by atoms with Crippen LogP contribution < -0.4 is 0 Å². The van der Waals surface area contributed by atoms with E-state index < -0.39 is 27.7 Å². The highest BCUT2D eigenvalue weighted by Crippen LogP contribution is 2.58. The number of hydrogen-bond donors (Lipinski definition) is 1. The molecular weight excluding hydrogens is 322 g/mol. The van der Waals surface area contributed by atoms with Gasteiger partial charge < -0.3 is 5.11 Å². The zero-order valence-electron chi connectivity index (χ0n) is 13.5. The highest BCUT2D eigenvalue weighted by Gasteiger charge is 2.69. The Bertz CT molecular complexity index is 884. The van der Waals surface area contributed by atoms with Crippen molar-refractivity contribution in [2.24, 2.45) is 0 Å². The number of terminal acetylenes is 1. The maximum atomic E-state index is 13.1. The van der Waals surface area contributed by atoms with Gasteiger partial charge in [-0.2, -0.15) is 4.31 Å². The van der Waals surface area contributed by atoms with E-state index in [9.17, 15) is 13.5 Å². The third kappa shape index (κ3) is 2.44. The summed E-state index contributed by atoms with van der Waals surface area (Å²) in [5.41, 5.74) is 0.732. The van der Waals surface area contributed by atoms with Gasteiger partial charge in [0.1, 0.15) is 6.10 Å². The van der Waals surface area contributed by atoms with Crippen LogP contribution >= 0.6 is 0 Å². The Morgan fingerprint density at radius 3 is 2.29 bits per heavy atom. The number of aryl methyl sites for hydroxylation is 1. The number of benzene rings is 2. The van der Waals surface area contributed by atoms with E-state index in [1.807, 2.05) is 37.3 Å². The number of sulfonamides is 1. The Kier molecular flexibility index (Phi) is 4.00. The van der Waals surface area contributed by atoms with Crippen molar-refractivity contribution in [1.29, 1.82) is 0 Å². The summed E-state index contributed by atoms with van der Waals surface area (Å²) >= 11 is 0. The molecule has 24 heavy (non-hydrogen) atoms. The zero-order valence-corrected chi connectivity index (χ0v) is 14.4. The summed E-state index contributed by atoms with van der Waals surface area (Å²) in [4.78, 5) is 0.196. The van der Waals surface area contributed by atoms with Crippen molar-refractivity contribution in [3.8, 4) is 12.3 Å². The van der Waals surface area contributed by atoms with Crippen molar-refractivity contribution in [3.63, 3.8) is 0 Å². The smallest absolute Gasteiger partial charge is 0.244 e. The van der Waals surface area contributed by atoms with Crippen LogP contribution in [0.3, 0.4) is 0 Å². The topological polar surface area (TPSA) is 57.4 Å². The summed E-state index contributed by atoms with van der Waals surface area (Å²) in [6, 6.07) is 15.4. The fourth-order valence-electron chi connectivity index (χ4n) is 3.14.